The molecule has 4 heteroatoms. The fraction of sp³-hybridized carbons (Fsp3) is 0.348. The molecule has 0 saturated heterocycles. The Kier molecular flexibility index (Phi) is 4.65. The van der Waals surface area contributed by atoms with Crippen molar-refractivity contribution in [3.05, 3.63) is 71.3 Å². The Hall–Kier alpha value is -2.75. The number of carbonyl (C=O) groups is 1. The summed E-state index contributed by atoms with van der Waals surface area (Å²) in [6.45, 7) is 2.66. The lowest BCUT2D eigenvalue weighted by atomic mass is 9.76. The average Bonchev–Trinajstić information content (AvgIpc) is 3.17. The van der Waals surface area contributed by atoms with Gasteiger partial charge >= 0.3 is 0 Å². The van der Waals surface area contributed by atoms with Gasteiger partial charge in [-0.05, 0) is 48.6 Å². The number of hydrogen-bond donors (Lipinski definition) is 1. The highest BCUT2D eigenvalue weighted by atomic mass is 16.5. The van der Waals surface area contributed by atoms with Crippen LogP contribution in [0.4, 0.5) is 5.69 Å². The Morgan fingerprint density at radius 2 is 1.96 bits per heavy atom. The van der Waals surface area contributed by atoms with Crippen LogP contribution in [-0.2, 0) is 0 Å². The summed E-state index contributed by atoms with van der Waals surface area (Å²) in [5, 5.41) is 3.71. The molecule has 2 aliphatic rings. The van der Waals surface area contributed by atoms with Crippen LogP contribution in [0, 0.1) is 5.92 Å². The number of benzene rings is 2. The summed E-state index contributed by atoms with van der Waals surface area (Å²) in [7, 11) is 3.60. The molecule has 1 aliphatic heterocycles. The normalized spacial score (nSPS) is 22.6. The number of allylic oxidation sites excluding steroid dienone is 2. The van der Waals surface area contributed by atoms with E-state index in [1.54, 1.807) is 19.0 Å². The first kappa shape index (κ1) is 17.7. The van der Waals surface area contributed by atoms with Crippen molar-refractivity contribution in [2.45, 2.75) is 25.3 Å². The number of para-hydroxylation sites is 1. The number of amides is 1. The summed E-state index contributed by atoms with van der Waals surface area (Å²) >= 11 is 0. The van der Waals surface area contributed by atoms with Crippen LogP contribution in [0.1, 0.15) is 46.8 Å². The number of rotatable bonds is 4. The fourth-order valence-corrected chi connectivity index (χ4v) is 4.31. The van der Waals surface area contributed by atoms with Gasteiger partial charge in [0.25, 0.3) is 5.91 Å². The first-order chi connectivity index (χ1) is 13.1. The van der Waals surface area contributed by atoms with Crippen LogP contribution in [0.3, 0.4) is 0 Å². The van der Waals surface area contributed by atoms with Gasteiger partial charge in [0, 0.05) is 20.0 Å². The van der Waals surface area contributed by atoms with Crippen LogP contribution in [0.2, 0.25) is 0 Å². The second kappa shape index (κ2) is 7.10. The quantitative estimate of drug-likeness (QED) is 0.808. The SMILES string of the molecule is CCOc1ccc(C2Nc3c(C(=O)N(C)C)cccc3C3C=CCC32)cc1. The van der Waals surface area contributed by atoms with E-state index in [1.165, 1.54) is 11.1 Å². The third-order valence-electron chi connectivity index (χ3n) is 5.58. The molecule has 0 bridgehead atoms. The monoisotopic (exact) mass is 362 g/mol. The van der Waals surface area contributed by atoms with Crippen molar-refractivity contribution >= 4 is 11.6 Å². The van der Waals surface area contributed by atoms with E-state index in [0.29, 0.717) is 18.4 Å². The van der Waals surface area contributed by atoms with E-state index in [9.17, 15) is 4.79 Å². The standard InChI is InChI=1S/C23H26N2O2/c1-4-27-16-13-11-15(12-14-16)21-18-8-5-7-17(18)19-9-6-10-20(22(19)24-21)23(26)25(2)3/h5-7,9-14,17-18,21,24H,4,8H2,1-3H3. The molecule has 1 N–H and O–H groups in total. The van der Waals surface area contributed by atoms with Crippen molar-refractivity contribution in [2.24, 2.45) is 5.92 Å². The molecule has 0 spiro atoms. The van der Waals surface area contributed by atoms with Crippen molar-refractivity contribution in [3.63, 3.8) is 0 Å². The number of hydrogen-bond acceptors (Lipinski definition) is 3. The molecule has 4 nitrogen and oxygen atoms in total. The summed E-state index contributed by atoms with van der Waals surface area (Å²) in [4.78, 5) is 14.4. The third kappa shape index (κ3) is 3.09. The van der Waals surface area contributed by atoms with Gasteiger partial charge in [-0.2, -0.15) is 0 Å². The van der Waals surface area contributed by atoms with E-state index in [1.807, 2.05) is 31.2 Å². The van der Waals surface area contributed by atoms with Crippen molar-refractivity contribution in [2.75, 3.05) is 26.0 Å². The predicted octanol–water partition coefficient (Wildman–Crippen LogP) is 4.61. The molecular formula is C23H26N2O2. The van der Waals surface area contributed by atoms with Crippen LogP contribution in [-0.4, -0.2) is 31.5 Å². The van der Waals surface area contributed by atoms with E-state index < -0.39 is 0 Å². The zero-order valence-electron chi connectivity index (χ0n) is 16.1. The Morgan fingerprint density at radius 3 is 2.67 bits per heavy atom. The van der Waals surface area contributed by atoms with E-state index in [0.717, 1.165) is 23.4 Å². The number of nitrogens with zero attached hydrogens (tertiary/aromatic N) is 1. The van der Waals surface area contributed by atoms with Crippen molar-refractivity contribution in [3.8, 4) is 5.75 Å². The molecule has 140 valence electrons. The van der Waals surface area contributed by atoms with Crippen LogP contribution >= 0.6 is 0 Å². The largest absolute Gasteiger partial charge is 0.494 e. The molecule has 1 aliphatic carbocycles. The zero-order valence-corrected chi connectivity index (χ0v) is 16.1. The molecule has 0 saturated carbocycles. The van der Waals surface area contributed by atoms with Gasteiger partial charge in [0.05, 0.1) is 23.9 Å². The zero-order chi connectivity index (χ0) is 19.0. The van der Waals surface area contributed by atoms with Crippen LogP contribution in [0.15, 0.2) is 54.6 Å². The minimum absolute atomic E-state index is 0.0326. The molecule has 0 aromatic heterocycles. The molecule has 1 heterocycles. The Balaban J connectivity index is 1.74. The topological polar surface area (TPSA) is 41.6 Å². The van der Waals surface area contributed by atoms with Gasteiger partial charge in [-0.3, -0.25) is 4.79 Å². The Morgan fingerprint density at radius 1 is 1.19 bits per heavy atom. The van der Waals surface area contributed by atoms with Gasteiger partial charge in [-0.15, -0.1) is 0 Å². The molecule has 0 fully saturated rings. The van der Waals surface area contributed by atoms with Crippen molar-refractivity contribution < 1.29 is 9.53 Å². The molecule has 0 radical (unpaired) electrons. The smallest absolute Gasteiger partial charge is 0.255 e. The fourth-order valence-electron chi connectivity index (χ4n) is 4.31. The van der Waals surface area contributed by atoms with Crippen LogP contribution < -0.4 is 10.1 Å². The molecule has 2 aromatic rings. The van der Waals surface area contributed by atoms with Crippen LogP contribution in [0.25, 0.3) is 0 Å². The Labute approximate surface area is 160 Å². The van der Waals surface area contributed by atoms with E-state index in [2.05, 4.69) is 35.7 Å². The molecule has 1 amide bonds. The van der Waals surface area contributed by atoms with Gasteiger partial charge in [-0.1, -0.05) is 36.4 Å². The molecule has 3 unspecified atom stereocenters. The molecule has 2 aromatic carbocycles. The summed E-state index contributed by atoms with van der Waals surface area (Å²) in [6.07, 6.45) is 5.62. The third-order valence-corrected chi connectivity index (χ3v) is 5.58. The minimum atomic E-state index is 0.0326. The van der Waals surface area contributed by atoms with Crippen LogP contribution in [0.5, 0.6) is 5.75 Å². The van der Waals surface area contributed by atoms with E-state index >= 15 is 0 Å². The predicted molar refractivity (Wildman–Crippen MR) is 108 cm³/mol. The van der Waals surface area contributed by atoms with Gasteiger partial charge in [-0.25, -0.2) is 0 Å². The van der Waals surface area contributed by atoms with Gasteiger partial charge in [0.15, 0.2) is 0 Å². The highest BCUT2D eigenvalue weighted by molar-refractivity contribution is 6.00. The first-order valence-electron chi connectivity index (χ1n) is 9.60. The number of nitrogens with one attached hydrogen (secondary N) is 1. The molecule has 27 heavy (non-hydrogen) atoms. The van der Waals surface area contributed by atoms with Crippen molar-refractivity contribution in [1.82, 2.24) is 4.90 Å². The average molecular weight is 362 g/mol. The highest BCUT2D eigenvalue weighted by Gasteiger charge is 2.39. The maximum atomic E-state index is 12.7. The summed E-state index contributed by atoms with van der Waals surface area (Å²) in [5.41, 5.74) is 4.17. The summed E-state index contributed by atoms with van der Waals surface area (Å²) in [5.74, 6) is 1.72. The maximum Gasteiger partial charge on any atom is 0.255 e. The second-order valence-corrected chi connectivity index (χ2v) is 7.45. The van der Waals surface area contributed by atoms with Gasteiger partial charge < -0.3 is 15.0 Å². The summed E-state index contributed by atoms with van der Waals surface area (Å²) in [6, 6.07) is 14.6. The summed E-state index contributed by atoms with van der Waals surface area (Å²) < 4.78 is 5.59. The lowest BCUT2D eigenvalue weighted by Gasteiger charge is -2.38. The second-order valence-electron chi connectivity index (χ2n) is 7.45. The van der Waals surface area contributed by atoms with E-state index in [-0.39, 0.29) is 11.9 Å². The van der Waals surface area contributed by atoms with Crippen molar-refractivity contribution in [1.29, 1.82) is 0 Å². The maximum absolute atomic E-state index is 12.7. The number of fused-ring (bicyclic) bond motifs is 3. The highest BCUT2D eigenvalue weighted by Crippen LogP contribution is 2.50. The Bertz CT molecular complexity index is 870. The molecular weight excluding hydrogens is 336 g/mol. The minimum Gasteiger partial charge on any atom is -0.494 e. The first-order valence-corrected chi connectivity index (χ1v) is 9.60. The molecule has 3 atom stereocenters. The number of anilines is 1. The number of ether oxygens (including phenoxy) is 1. The molecule has 4 rings (SSSR count). The van der Waals surface area contributed by atoms with Gasteiger partial charge in [0.2, 0.25) is 0 Å². The van der Waals surface area contributed by atoms with E-state index in [4.69, 9.17) is 4.74 Å². The lowest BCUT2D eigenvalue weighted by Crippen LogP contribution is -2.31. The lowest BCUT2D eigenvalue weighted by molar-refractivity contribution is 0.0828. The number of carbonyl (C=O) groups excluding carboxylic acids is 1. The van der Waals surface area contributed by atoms with Gasteiger partial charge in [0.1, 0.15) is 5.75 Å².